The summed E-state index contributed by atoms with van der Waals surface area (Å²) in [6, 6.07) is 12.0. The smallest absolute Gasteiger partial charge is 0.259 e. The van der Waals surface area contributed by atoms with Crippen molar-refractivity contribution in [3.8, 4) is 5.75 Å². The van der Waals surface area contributed by atoms with Crippen LogP contribution >= 0.6 is 0 Å². The van der Waals surface area contributed by atoms with Gasteiger partial charge in [0.05, 0.1) is 18.0 Å². The third-order valence-electron chi connectivity index (χ3n) is 3.99. The van der Waals surface area contributed by atoms with Crippen molar-refractivity contribution >= 4 is 21.7 Å². The summed E-state index contributed by atoms with van der Waals surface area (Å²) in [6.45, 7) is 0.780. The van der Waals surface area contributed by atoms with Crippen LogP contribution < -0.4 is 10.3 Å². The van der Waals surface area contributed by atoms with Crippen molar-refractivity contribution in [2.75, 3.05) is 7.11 Å². The van der Waals surface area contributed by atoms with Crippen molar-refractivity contribution in [1.82, 2.24) is 4.57 Å². The number of nitrogens with zero attached hydrogens (tertiary/aromatic N) is 1. The van der Waals surface area contributed by atoms with Crippen molar-refractivity contribution in [3.63, 3.8) is 0 Å². The molecule has 4 rings (SSSR count). The first-order chi connectivity index (χ1) is 9.29. The first kappa shape index (κ1) is 10.6. The van der Waals surface area contributed by atoms with Crippen molar-refractivity contribution in [1.29, 1.82) is 0 Å². The Morgan fingerprint density at radius 1 is 1.11 bits per heavy atom. The molecule has 2 heterocycles. The largest absolute Gasteiger partial charge is 0.497 e. The maximum absolute atomic E-state index is 12.6. The molecule has 0 saturated heterocycles. The fourth-order valence-electron chi connectivity index (χ4n) is 3.08. The molecule has 3 nitrogen and oxygen atoms in total. The fraction of sp³-hybridized carbons (Fsp3) is 0.188. The van der Waals surface area contributed by atoms with Gasteiger partial charge in [0.15, 0.2) is 0 Å². The van der Waals surface area contributed by atoms with Gasteiger partial charge in [0, 0.05) is 11.9 Å². The zero-order valence-corrected chi connectivity index (χ0v) is 10.6. The second kappa shape index (κ2) is 3.60. The Morgan fingerprint density at radius 2 is 2.00 bits per heavy atom. The van der Waals surface area contributed by atoms with Crippen LogP contribution in [0.25, 0.3) is 21.7 Å². The van der Waals surface area contributed by atoms with E-state index in [1.807, 2.05) is 22.8 Å². The lowest BCUT2D eigenvalue weighted by molar-refractivity contribution is 0.415. The number of ether oxygens (including phenoxy) is 1. The summed E-state index contributed by atoms with van der Waals surface area (Å²) in [5, 5.41) is 2.92. The Kier molecular flexibility index (Phi) is 2.01. The Bertz CT molecular complexity index is 877. The minimum absolute atomic E-state index is 0.0892. The highest BCUT2D eigenvalue weighted by atomic mass is 16.5. The zero-order valence-electron chi connectivity index (χ0n) is 10.6. The van der Waals surface area contributed by atoms with E-state index in [2.05, 4.69) is 18.2 Å². The highest BCUT2D eigenvalue weighted by Gasteiger charge is 2.18. The van der Waals surface area contributed by atoms with Gasteiger partial charge in [-0.05, 0) is 35.6 Å². The summed E-state index contributed by atoms with van der Waals surface area (Å²) in [5.74, 6) is 0.728. The number of para-hydroxylation sites is 1. The normalized spacial score (nSPS) is 13.3. The molecule has 19 heavy (non-hydrogen) atoms. The maximum atomic E-state index is 12.6. The van der Waals surface area contributed by atoms with E-state index < -0.39 is 0 Å². The van der Waals surface area contributed by atoms with Crippen LogP contribution in [0.4, 0.5) is 0 Å². The number of hydrogen-bond donors (Lipinski definition) is 0. The van der Waals surface area contributed by atoms with E-state index in [1.54, 1.807) is 7.11 Å². The number of rotatable bonds is 1. The monoisotopic (exact) mass is 251 g/mol. The molecular weight excluding hydrogens is 238 g/mol. The molecular formula is C16H13NO2. The summed E-state index contributed by atoms with van der Waals surface area (Å²) < 4.78 is 7.12. The topological polar surface area (TPSA) is 31.2 Å². The van der Waals surface area contributed by atoms with Crippen LogP contribution in [0.3, 0.4) is 0 Å². The highest BCUT2D eigenvalue weighted by molar-refractivity contribution is 6.07. The second-order valence-corrected chi connectivity index (χ2v) is 4.93. The minimum Gasteiger partial charge on any atom is -0.497 e. The molecule has 1 aromatic heterocycles. The van der Waals surface area contributed by atoms with Crippen molar-refractivity contribution in [2.24, 2.45) is 0 Å². The first-order valence-electron chi connectivity index (χ1n) is 6.42. The number of aromatic nitrogens is 1. The van der Waals surface area contributed by atoms with Gasteiger partial charge in [-0.15, -0.1) is 0 Å². The molecule has 0 bridgehead atoms. The summed E-state index contributed by atoms with van der Waals surface area (Å²) in [6.07, 6.45) is 0.944. The van der Waals surface area contributed by atoms with E-state index in [0.717, 1.165) is 40.4 Å². The number of fused-ring (bicyclic) bond motifs is 2. The lowest BCUT2D eigenvalue weighted by atomic mass is 10.0. The van der Waals surface area contributed by atoms with Crippen molar-refractivity contribution < 1.29 is 4.74 Å². The van der Waals surface area contributed by atoms with Crippen molar-refractivity contribution in [2.45, 2.75) is 13.0 Å². The molecule has 0 N–H and O–H groups in total. The van der Waals surface area contributed by atoms with Gasteiger partial charge in [0.2, 0.25) is 0 Å². The Morgan fingerprint density at radius 3 is 2.84 bits per heavy atom. The van der Waals surface area contributed by atoms with E-state index in [-0.39, 0.29) is 5.56 Å². The molecule has 1 aliphatic rings. The molecule has 0 saturated carbocycles. The standard InChI is InChI=1S/C16H13NO2/c1-19-11-5-6-12-13-4-2-3-10-7-8-17(15(10)13)16(18)14(12)9-11/h2-6,9H,7-8H2,1H3. The molecule has 2 aromatic carbocycles. The van der Waals surface area contributed by atoms with Gasteiger partial charge in [-0.1, -0.05) is 18.2 Å². The molecule has 0 unspecified atom stereocenters. The van der Waals surface area contributed by atoms with Crippen molar-refractivity contribution in [3.05, 3.63) is 52.3 Å². The van der Waals surface area contributed by atoms with Crippen LogP contribution in [0.1, 0.15) is 5.56 Å². The van der Waals surface area contributed by atoms with E-state index in [1.165, 1.54) is 5.56 Å². The molecule has 94 valence electrons. The van der Waals surface area contributed by atoms with E-state index in [9.17, 15) is 4.79 Å². The number of hydrogen-bond acceptors (Lipinski definition) is 2. The molecule has 0 amide bonds. The second-order valence-electron chi connectivity index (χ2n) is 4.93. The quantitative estimate of drug-likeness (QED) is 0.623. The molecule has 3 heteroatoms. The summed E-state index contributed by atoms with van der Waals surface area (Å²) in [7, 11) is 1.62. The minimum atomic E-state index is 0.0892. The van der Waals surface area contributed by atoms with Crippen LogP contribution in [0.5, 0.6) is 5.75 Å². The number of pyridine rings is 1. The van der Waals surface area contributed by atoms with Gasteiger partial charge in [0.1, 0.15) is 5.75 Å². The SMILES string of the molecule is COc1ccc2c(c1)c(=O)n1c3c(cccc23)CC1. The lowest BCUT2D eigenvalue weighted by Crippen LogP contribution is -2.18. The first-order valence-corrected chi connectivity index (χ1v) is 6.42. The van der Waals surface area contributed by atoms with Gasteiger partial charge in [-0.3, -0.25) is 4.79 Å². The van der Waals surface area contributed by atoms with Gasteiger partial charge < -0.3 is 9.30 Å². The van der Waals surface area contributed by atoms with Gasteiger partial charge in [0.25, 0.3) is 5.56 Å². The summed E-state index contributed by atoms with van der Waals surface area (Å²) in [5.41, 5.74) is 2.46. The molecule has 0 atom stereocenters. The average Bonchev–Trinajstić information content (AvgIpc) is 2.89. The summed E-state index contributed by atoms with van der Waals surface area (Å²) >= 11 is 0. The third-order valence-corrected chi connectivity index (χ3v) is 3.99. The lowest BCUT2D eigenvalue weighted by Gasteiger charge is -2.09. The molecule has 0 fully saturated rings. The fourth-order valence-corrected chi connectivity index (χ4v) is 3.08. The van der Waals surface area contributed by atoms with Crippen LogP contribution in [0.2, 0.25) is 0 Å². The number of aryl methyl sites for hydroxylation is 2. The number of methoxy groups -OCH3 is 1. The molecule has 1 aliphatic heterocycles. The Balaban J connectivity index is 2.30. The molecule has 0 aliphatic carbocycles. The van der Waals surface area contributed by atoms with E-state index >= 15 is 0 Å². The van der Waals surface area contributed by atoms with Gasteiger partial charge >= 0.3 is 0 Å². The van der Waals surface area contributed by atoms with Gasteiger partial charge in [-0.2, -0.15) is 0 Å². The highest BCUT2D eigenvalue weighted by Crippen LogP contribution is 2.30. The van der Waals surface area contributed by atoms with E-state index in [4.69, 9.17) is 4.74 Å². The predicted molar refractivity (Wildman–Crippen MR) is 76.0 cm³/mol. The molecule has 0 radical (unpaired) electrons. The zero-order chi connectivity index (χ0) is 13.0. The molecule has 0 spiro atoms. The Labute approximate surface area is 110 Å². The van der Waals surface area contributed by atoms with Crippen LogP contribution in [-0.2, 0) is 13.0 Å². The predicted octanol–water partition coefficient (Wildman–Crippen LogP) is 2.72. The van der Waals surface area contributed by atoms with E-state index in [0.29, 0.717) is 0 Å². The summed E-state index contributed by atoms with van der Waals surface area (Å²) in [4.78, 5) is 12.6. The maximum Gasteiger partial charge on any atom is 0.259 e. The van der Waals surface area contributed by atoms with Gasteiger partial charge in [-0.25, -0.2) is 0 Å². The van der Waals surface area contributed by atoms with Crippen LogP contribution in [-0.4, -0.2) is 11.7 Å². The Hall–Kier alpha value is -2.29. The third kappa shape index (κ3) is 1.30. The van der Waals surface area contributed by atoms with Crippen LogP contribution in [0.15, 0.2) is 41.2 Å². The molecule has 3 aromatic rings. The number of benzene rings is 2. The van der Waals surface area contributed by atoms with Crippen LogP contribution in [0, 0.1) is 0 Å². The average molecular weight is 251 g/mol.